The minimum Gasteiger partial charge on any atom is -0.361 e. The number of nitrogens with zero attached hydrogens (tertiary/aromatic N) is 2. The van der Waals surface area contributed by atoms with Crippen LogP contribution in [0.5, 0.6) is 0 Å². The Morgan fingerprint density at radius 2 is 1.72 bits per heavy atom. The lowest BCUT2D eigenvalue weighted by atomic mass is 10.1. The number of H-pyrrole nitrogens is 1. The minimum atomic E-state index is -3.93. The predicted molar refractivity (Wildman–Crippen MR) is 148 cm³/mol. The van der Waals surface area contributed by atoms with Crippen molar-refractivity contribution in [2.24, 2.45) is 5.14 Å². The fourth-order valence-corrected chi connectivity index (χ4v) is 5.47. The van der Waals surface area contributed by atoms with Gasteiger partial charge >= 0.3 is 0 Å². The van der Waals surface area contributed by atoms with E-state index in [2.05, 4.69) is 4.98 Å². The van der Waals surface area contributed by atoms with E-state index in [0.29, 0.717) is 11.4 Å². The third-order valence-electron chi connectivity index (χ3n) is 6.81. The summed E-state index contributed by atoms with van der Waals surface area (Å²) in [6, 6.07) is 18.9. The maximum Gasteiger partial charge on any atom is 0.257 e. The maximum atomic E-state index is 13.6. The van der Waals surface area contributed by atoms with Gasteiger partial charge in [-0.3, -0.25) is 14.4 Å². The summed E-state index contributed by atoms with van der Waals surface area (Å²) in [4.78, 5) is 45.7. The Bertz CT molecular complexity index is 1670. The molecule has 1 atom stereocenters. The number of aromatic nitrogens is 1. The van der Waals surface area contributed by atoms with Crippen LogP contribution in [0.25, 0.3) is 10.9 Å². The van der Waals surface area contributed by atoms with Crippen LogP contribution in [0.2, 0.25) is 5.02 Å². The number of imide groups is 1. The van der Waals surface area contributed by atoms with Gasteiger partial charge in [0, 0.05) is 28.7 Å². The summed E-state index contributed by atoms with van der Waals surface area (Å²) < 4.78 is 23.2. The zero-order valence-corrected chi connectivity index (χ0v) is 22.3. The van der Waals surface area contributed by atoms with E-state index >= 15 is 0 Å². The van der Waals surface area contributed by atoms with Crippen LogP contribution < -0.4 is 10.0 Å². The molecule has 1 unspecified atom stereocenters. The molecule has 2 heterocycles. The quantitative estimate of drug-likeness (QED) is 0.316. The van der Waals surface area contributed by atoms with E-state index in [1.165, 1.54) is 29.2 Å². The van der Waals surface area contributed by atoms with Crippen molar-refractivity contribution >= 4 is 55.9 Å². The van der Waals surface area contributed by atoms with Crippen molar-refractivity contribution in [3.8, 4) is 0 Å². The summed E-state index contributed by atoms with van der Waals surface area (Å²) in [7, 11) is -3.93. The lowest BCUT2D eigenvalue weighted by Gasteiger charge is -2.28. The SMILES string of the molecule is NS(=O)(=O)c1ccc(N2C(=O)CC(N(CCc3c[nH]c4ccccc34)C(=O)Cc3ccc(Cl)cc3)C2=O)cc1. The standard InChI is InChI=1S/C28H25ClN4O5S/c29-20-7-5-18(6-8-20)15-26(34)32(14-13-19-17-31-24-4-2-1-3-23(19)24)25-16-27(35)33(28(25)36)21-9-11-22(12-10-21)39(30,37)38/h1-12,17,25,31H,13-16H2,(H2,30,37,38). The van der Waals surface area contributed by atoms with Crippen molar-refractivity contribution in [1.29, 1.82) is 0 Å². The van der Waals surface area contributed by atoms with E-state index in [0.717, 1.165) is 26.9 Å². The van der Waals surface area contributed by atoms with Gasteiger partial charge in [-0.1, -0.05) is 41.9 Å². The summed E-state index contributed by atoms with van der Waals surface area (Å²) in [5.41, 5.74) is 2.89. The number of aromatic amines is 1. The van der Waals surface area contributed by atoms with Gasteiger partial charge in [-0.2, -0.15) is 0 Å². The molecule has 11 heteroatoms. The molecule has 9 nitrogen and oxygen atoms in total. The molecule has 1 saturated heterocycles. The van der Waals surface area contributed by atoms with Gasteiger partial charge < -0.3 is 9.88 Å². The van der Waals surface area contributed by atoms with E-state index in [9.17, 15) is 22.8 Å². The third kappa shape index (κ3) is 5.58. The van der Waals surface area contributed by atoms with Gasteiger partial charge in [-0.25, -0.2) is 18.5 Å². The number of hydrogen-bond acceptors (Lipinski definition) is 5. The molecule has 0 bridgehead atoms. The molecule has 3 N–H and O–H groups in total. The van der Waals surface area contributed by atoms with E-state index in [-0.39, 0.29) is 35.9 Å². The zero-order chi connectivity index (χ0) is 27.7. The second kappa shape index (κ2) is 10.6. The number of carbonyl (C=O) groups excluding carboxylic acids is 3. The molecule has 39 heavy (non-hydrogen) atoms. The largest absolute Gasteiger partial charge is 0.361 e. The average molecular weight is 565 g/mol. The number of fused-ring (bicyclic) bond motifs is 1. The molecule has 3 aromatic carbocycles. The molecular weight excluding hydrogens is 540 g/mol. The highest BCUT2D eigenvalue weighted by Crippen LogP contribution is 2.28. The minimum absolute atomic E-state index is 0.0338. The molecule has 1 aromatic heterocycles. The van der Waals surface area contributed by atoms with Gasteiger partial charge in [-0.05, 0) is 60.0 Å². The number of primary sulfonamides is 1. The zero-order valence-electron chi connectivity index (χ0n) is 20.7. The van der Waals surface area contributed by atoms with Crippen molar-refractivity contribution in [3.05, 3.63) is 95.1 Å². The number of amides is 3. The van der Waals surface area contributed by atoms with Crippen molar-refractivity contribution in [2.75, 3.05) is 11.4 Å². The van der Waals surface area contributed by atoms with E-state index < -0.39 is 27.9 Å². The molecule has 0 saturated carbocycles. The van der Waals surface area contributed by atoms with E-state index in [4.69, 9.17) is 16.7 Å². The number of sulfonamides is 1. The van der Waals surface area contributed by atoms with Crippen LogP contribution in [0, 0.1) is 0 Å². The Balaban J connectivity index is 1.42. The third-order valence-corrected chi connectivity index (χ3v) is 7.99. The lowest BCUT2D eigenvalue weighted by molar-refractivity contribution is -0.137. The number of rotatable bonds is 8. The molecule has 200 valence electrons. The second-order valence-corrected chi connectivity index (χ2v) is 11.3. The molecule has 1 aliphatic rings. The maximum absolute atomic E-state index is 13.6. The summed E-state index contributed by atoms with van der Waals surface area (Å²) in [6.45, 7) is 0.218. The average Bonchev–Trinajstić information content (AvgIpc) is 3.45. The number of nitrogens with one attached hydrogen (secondary N) is 1. The first-order valence-electron chi connectivity index (χ1n) is 12.2. The van der Waals surface area contributed by atoms with Crippen molar-refractivity contribution in [3.63, 3.8) is 0 Å². The Kier molecular flexibility index (Phi) is 7.26. The van der Waals surface area contributed by atoms with E-state index in [1.54, 1.807) is 24.3 Å². The van der Waals surface area contributed by atoms with Crippen LogP contribution in [0.3, 0.4) is 0 Å². The van der Waals surface area contributed by atoms with Crippen LogP contribution in [-0.2, 0) is 37.2 Å². The van der Waals surface area contributed by atoms with Crippen molar-refractivity contribution < 1.29 is 22.8 Å². The summed E-state index contributed by atoms with van der Waals surface area (Å²) in [5.74, 6) is -1.33. The first-order chi connectivity index (χ1) is 18.6. The topological polar surface area (TPSA) is 134 Å². The van der Waals surface area contributed by atoms with Gasteiger partial charge in [0.25, 0.3) is 5.91 Å². The number of halogens is 1. The highest BCUT2D eigenvalue weighted by Gasteiger charge is 2.44. The van der Waals surface area contributed by atoms with Gasteiger partial charge in [0.1, 0.15) is 6.04 Å². The van der Waals surface area contributed by atoms with Crippen LogP contribution in [0.4, 0.5) is 5.69 Å². The highest BCUT2D eigenvalue weighted by molar-refractivity contribution is 7.89. The van der Waals surface area contributed by atoms with Crippen molar-refractivity contribution in [1.82, 2.24) is 9.88 Å². The number of nitrogens with two attached hydrogens (primary N) is 1. The highest BCUT2D eigenvalue weighted by atomic mass is 35.5. The number of carbonyl (C=O) groups is 3. The fraction of sp³-hybridized carbons (Fsp3) is 0.179. The number of anilines is 1. The smallest absolute Gasteiger partial charge is 0.257 e. The normalized spacial score (nSPS) is 15.7. The second-order valence-electron chi connectivity index (χ2n) is 9.33. The van der Waals surface area contributed by atoms with Crippen LogP contribution in [0.1, 0.15) is 17.5 Å². The van der Waals surface area contributed by atoms with E-state index in [1.807, 2.05) is 30.5 Å². The molecule has 1 aliphatic heterocycles. The van der Waals surface area contributed by atoms with Crippen LogP contribution >= 0.6 is 11.6 Å². The van der Waals surface area contributed by atoms with Crippen molar-refractivity contribution in [2.45, 2.75) is 30.2 Å². The van der Waals surface area contributed by atoms with Gasteiger partial charge in [0.05, 0.1) is 23.4 Å². The molecule has 5 rings (SSSR count). The molecule has 3 amide bonds. The van der Waals surface area contributed by atoms with Crippen LogP contribution in [0.15, 0.2) is 83.9 Å². The first-order valence-corrected chi connectivity index (χ1v) is 14.1. The number of benzene rings is 3. The lowest BCUT2D eigenvalue weighted by Crippen LogP contribution is -2.47. The first kappa shape index (κ1) is 26.6. The fourth-order valence-electron chi connectivity index (χ4n) is 4.83. The molecule has 0 radical (unpaired) electrons. The molecule has 4 aromatic rings. The predicted octanol–water partition coefficient (Wildman–Crippen LogP) is 3.41. The molecule has 0 aliphatic carbocycles. The Morgan fingerprint density at radius 1 is 1.03 bits per heavy atom. The van der Waals surface area contributed by atoms with Gasteiger partial charge in [0.2, 0.25) is 21.8 Å². The molecule has 1 fully saturated rings. The molecule has 0 spiro atoms. The number of hydrogen-bond donors (Lipinski definition) is 2. The Labute approximate surface area is 230 Å². The summed E-state index contributed by atoms with van der Waals surface area (Å²) in [5, 5.41) is 6.73. The van der Waals surface area contributed by atoms with Gasteiger partial charge in [0.15, 0.2) is 0 Å². The Hall–Kier alpha value is -3.99. The molecular formula is C28H25ClN4O5S. The van der Waals surface area contributed by atoms with Crippen LogP contribution in [-0.4, -0.2) is 48.6 Å². The summed E-state index contributed by atoms with van der Waals surface area (Å²) >= 11 is 5.99. The summed E-state index contributed by atoms with van der Waals surface area (Å²) in [6.07, 6.45) is 2.20. The monoisotopic (exact) mass is 564 g/mol. The Morgan fingerprint density at radius 3 is 2.41 bits per heavy atom. The van der Waals surface area contributed by atoms with Gasteiger partial charge in [-0.15, -0.1) is 0 Å². The number of para-hydroxylation sites is 1.